The Morgan fingerprint density at radius 2 is 1.00 bits per heavy atom. The van der Waals surface area contributed by atoms with Gasteiger partial charge in [-0.3, -0.25) is 6.08 Å². The molecule has 3 aromatic rings. The molecule has 1 aliphatic carbocycles. The normalized spacial score (nSPS) is 10.5. The predicted octanol–water partition coefficient (Wildman–Crippen LogP) is 6.55. The molecule has 0 aliphatic heterocycles. The van der Waals surface area contributed by atoms with E-state index in [9.17, 15) is 15.3 Å². The Labute approximate surface area is 247 Å². The zero-order valence-electron chi connectivity index (χ0n) is 22.2. The van der Waals surface area contributed by atoms with Gasteiger partial charge in [-0.1, -0.05) is 121 Å². The number of benzene rings is 3. The Bertz CT molecular complexity index is 1040. The van der Waals surface area contributed by atoms with Gasteiger partial charge in [0.1, 0.15) is 0 Å². The van der Waals surface area contributed by atoms with Crippen LogP contribution in [0, 0.1) is 6.08 Å². The van der Waals surface area contributed by atoms with Crippen LogP contribution in [0.3, 0.4) is 0 Å². The second-order valence-electron chi connectivity index (χ2n) is 7.96. The molecule has 0 spiro atoms. The molecule has 0 atom stereocenters. The summed E-state index contributed by atoms with van der Waals surface area (Å²) in [6.07, 6.45) is 16.9. The molecule has 0 saturated heterocycles. The molecule has 3 aromatic carbocycles. The van der Waals surface area contributed by atoms with Gasteiger partial charge in [0.2, 0.25) is 0 Å². The van der Waals surface area contributed by atoms with Crippen molar-refractivity contribution in [2.24, 2.45) is 0 Å². The third-order valence-corrected chi connectivity index (χ3v) is 5.16. The van der Waals surface area contributed by atoms with Gasteiger partial charge in [-0.05, 0) is 19.3 Å². The summed E-state index contributed by atoms with van der Waals surface area (Å²) in [6.45, 7) is 12.8. The summed E-state index contributed by atoms with van der Waals surface area (Å²) in [5, 5.41) is 32.9. The summed E-state index contributed by atoms with van der Waals surface area (Å²) in [6, 6.07) is 21.0. The van der Waals surface area contributed by atoms with Gasteiger partial charge in [-0.15, -0.1) is 43.4 Å². The minimum Gasteiger partial charge on any atom is -0.872 e. The molecular formula is C34H36HfO3. The van der Waals surface area contributed by atoms with Crippen LogP contribution in [0.25, 0.3) is 0 Å². The average Bonchev–Trinajstić information content (AvgIpc) is 3.44. The zero-order valence-corrected chi connectivity index (χ0v) is 25.8. The minimum atomic E-state index is 0. The van der Waals surface area contributed by atoms with Gasteiger partial charge in [0.15, 0.2) is 0 Å². The Morgan fingerprint density at radius 3 is 1.21 bits per heavy atom. The van der Waals surface area contributed by atoms with E-state index >= 15 is 0 Å². The molecule has 1 aliphatic rings. The molecule has 0 heterocycles. The Morgan fingerprint density at radius 1 is 0.658 bits per heavy atom. The van der Waals surface area contributed by atoms with Crippen molar-refractivity contribution in [2.75, 3.05) is 0 Å². The van der Waals surface area contributed by atoms with Gasteiger partial charge in [0.25, 0.3) is 0 Å². The quantitative estimate of drug-likeness (QED) is 0.163. The number of rotatable bonds is 7. The maximum Gasteiger partial charge on any atom is 4.00 e. The van der Waals surface area contributed by atoms with Crippen molar-refractivity contribution >= 4 is 0 Å². The van der Waals surface area contributed by atoms with Crippen molar-refractivity contribution < 1.29 is 41.2 Å². The summed E-state index contributed by atoms with van der Waals surface area (Å²) in [5.41, 5.74) is 3.81. The standard InChI is InChI=1S/3C9H10O.C7H9.Hf/c3*1-2-5-8-6-3-4-7-9(8)10;1-2-7-5-3-4-6-7;/h3*2-4,6-7,10H,1,5H2;3,5H,2,4H2,1H3;/q;;;-1;+4/p-3. The summed E-state index contributed by atoms with van der Waals surface area (Å²) >= 11 is 0. The first kappa shape index (κ1) is 34.6. The Kier molecular flexibility index (Phi) is 19.8. The minimum absolute atomic E-state index is 0. The molecule has 194 valence electrons. The van der Waals surface area contributed by atoms with Crippen LogP contribution in [0.15, 0.2) is 128 Å². The summed E-state index contributed by atoms with van der Waals surface area (Å²) in [5.74, 6) is 0.298. The molecule has 3 nitrogen and oxygen atoms in total. The van der Waals surface area contributed by atoms with Crippen molar-refractivity contribution in [1.82, 2.24) is 0 Å². The molecule has 0 aromatic heterocycles. The fraction of sp³-hybridized carbons (Fsp3) is 0.176. The monoisotopic (exact) mass is 672 g/mol. The Balaban J connectivity index is 0.000000480. The van der Waals surface area contributed by atoms with E-state index in [0.29, 0.717) is 19.3 Å². The van der Waals surface area contributed by atoms with Crippen molar-refractivity contribution in [3.05, 3.63) is 151 Å². The van der Waals surface area contributed by atoms with E-state index in [1.807, 2.05) is 36.4 Å². The summed E-state index contributed by atoms with van der Waals surface area (Å²) in [7, 11) is 0. The first-order valence-corrected chi connectivity index (χ1v) is 12.3. The largest absolute Gasteiger partial charge is 4.00 e. The van der Waals surface area contributed by atoms with Gasteiger partial charge >= 0.3 is 25.8 Å². The molecule has 38 heavy (non-hydrogen) atoms. The second-order valence-corrected chi connectivity index (χ2v) is 7.96. The van der Waals surface area contributed by atoms with E-state index in [-0.39, 0.29) is 43.1 Å². The molecule has 0 N–H and O–H groups in total. The van der Waals surface area contributed by atoms with Crippen molar-refractivity contribution in [3.63, 3.8) is 0 Å². The maximum absolute atomic E-state index is 11.0. The molecule has 0 bridgehead atoms. The van der Waals surface area contributed by atoms with Crippen LogP contribution in [0.1, 0.15) is 36.5 Å². The number of hydrogen-bond donors (Lipinski definition) is 0. The predicted molar refractivity (Wildman–Crippen MR) is 150 cm³/mol. The van der Waals surface area contributed by atoms with Crippen LogP contribution < -0.4 is 15.3 Å². The van der Waals surface area contributed by atoms with Crippen molar-refractivity contribution in [2.45, 2.75) is 39.0 Å². The first-order chi connectivity index (χ1) is 18.0. The first-order valence-electron chi connectivity index (χ1n) is 12.3. The van der Waals surface area contributed by atoms with Crippen LogP contribution in [0.5, 0.6) is 17.2 Å². The number of para-hydroxylation sites is 3. The summed E-state index contributed by atoms with van der Waals surface area (Å²) in [4.78, 5) is 0. The van der Waals surface area contributed by atoms with Crippen LogP contribution in [0.4, 0.5) is 0 Å². The van der Waals surface area contributed by atoms with Crippen LogP contribution in [0.2, 0.25) is 0 Å². The SMILES string of the molecule is C=CCc1ccccc1[O-].C=CCc1ccccc1[O-].C=CCc1ccccc1[O-].CCC1=[C-]CC=C1.[Hf+4]. The second kappa shape index (κ2) is 21.7. The van der Waals surface area contributed by atoms with Gasteiger partial charge < -0.3 is 15.3 Å². The fourth-order valence-electron chi connectivity index (χ4n) is 3.18. The Hall–Kier alpha value is -3.37. The molecule has 4 rings (SSSR count). The molecule has 0 fully saturated rings. The van der Waals surface area contributed by atoms with E-state index < -0.39 is 0 Å². The number of hydrogen-bond acceptors (Lipinski definition) is 3. The zero-order chi connectivity index (χ0) is 27.3. The van der Waals surface area contributed by atoms with Gasteiger partial charge in [-0.2, -0.15) is 6.08 Å². The molecular weight excluding hydrogens is 635 g/mol. The molecule has 0 saturated carbocycles. The van der Waals surface area contributed by atoms with E-state index in [4.69, 9.17) is 0 Å². The van der Waals surface area contributed by atoms with Crippen LogP contribution in [-0.4, -0.2) is 0 Å². The molecule has 4 heteroatoms. The number of allylic oxidation sites excluding steroid dienone is 7. The topological polar surface area (TPSA) is 69.2 Å². The van der Waals surface area contributed by atoms with Gasteiger partial charge in [0, 0.05) is 0 Å². The van der Waals surface area contributed by atoms with Crippen molar-refractivity contribution in [1.29, 1.82) is 0 Å². The van der Waals surface area contributed by atoms with Crippen molar-refractivity contribution in [3.8, 4) is 17.2 Å². The molecule has 0 amide bonds. The molecule has 0 unspecified atom stereocenters. The van der Waals surface area contributed by atoms with Gasteiger partial charge in [-0.25, -0.2) is 11.6 Å². The van der Waals surface area contributed by atoms with E-state index in [0.717, 1.165) is 29.5 Å². The third-order valence-electron chi connectivity index (χ3n) is 5.16. The van der Waals surface area contributed by atoms with Crippen LogP contribution >= 0.6 is 0 Å². The van der Waals surface area contributed by atoms with E-state index in [2.05, 4.69) is 44.9 Å². The fourth-order valence-corrected chi connectivity index (χ4v) is 3.18. The average molecular weight is 671 g/mol. The smallest absolute Gasteiger partial charge is 0.872 e. The van der Waals surface area contributed by atoms with Gasteiger partial charge in [0.05, 0.1) is 0 Å². The maximum atomic E-state index is 11.0. The van der Waals surface area contributed by atoms with Crippen LogP contribution in [-0.2, 0) is 45.1 Å². The summed E-state index contributed by atoms with van der Waals surface area (Å²) < 4.78 is 0. The third kappa shape index (κ3) is 14.4. The molecule has 0 radical (unpaired) electrons. The van der Waals surface area contributed by atoms with E-state index in [1.165, 1.54) is 5.57 Å². The van der Waals surface area contributed by atoms with E-state index in [1.54, 1.807) is 54.6 Å².